The van der Waals surface area contributed by atoms with Gasteiger partial charge in [0.05, 0.1) is 20.8 Å². The summed E-state index contributed by atoms with van der Waals surface area (Å²) in [4.78, 5) is 2.35. The van der Waals surface area contributed by atoms with Crippen molar-refractivity contribution in [3.8, 4) is 22.8 Å². The minimum absolute atomic E-state index is 0.269. The summed E-state index contributed by atoms with van der Waals surface area (Å²) in [7, 11) is 3.25. The highest BCUT2D eigenvalue weighted by Gasteiger charge is 2.20. The van der Waals surface area contributed by atoms with Gasteiger partial charge in [-0.2, -0.15) is 0 Å². The molecule has 5 heteroatoms. The van der Waals surface area contributed by atoms with Gasteiger partial charge in [-0.05, 0) is 55.6 Å². The van der Waals surface area contributed by atoms with Crippen molar-refractivity contribution < 1.29 is 19.0 Å². The Morgan fingerprint density at radius 3 is 2.75 bits per heavy atom. The van der Waals surface area contributed by atoms with Gasteiger partial charge >= 0.3 is 0 Å². The van der Waals surface area contributed by atoms with Crippen LogP contribution in [0.5, 0.6) is 11.5 Å². The molecule has 0 saturated carbocycles. The number of rotatable bonds is 6. The second kappa shape index (κ2) is 7.73. The first-order chi connectivity index (χ1) is 11.7. The fourth-order valence-corrected chi connectivity index (χ4v) is 3.27. The number of hydrogen-bond acceptors (Lipinski definition) is 5. The van der Waals surface area contributed by atoms with Crippen LogP contribution in [-0.2, 0) is 6.54 Å². The summed E-state index contributed by atoms with van der Waals surface area (Å²) in [5.41, 5.74) is 0.964. The Balaban J connectivity index is 1.71. The van der Waals surface area contributed by atoms with Gasteiger partial charge in [-0.15, -0.1) is 0 Å². The molecular formula is C19H25NO4. The summed E-state index contributed by atoms with van der Waals surface area (Å²) in [5, 5.41) is 9.35. The van der Waals surface area contributed by atoms with E-state index in [1.54, 1.807) is 14.2 Å². The van der Waals surface area contributed by atoms with Crippen LogP contribution >= 0.6 is 0 Å². The molecule has 1 aromatic heterocycles. The van der Waals surface area contributed by atoms with Crippen molar-refractivity contribution in [2.45, 2.75) is 19.4 Å². The highest BCUT2D eigenvalue weighted by molar-refractivity contribution is 5.62. The predicted octanol–water partition coefficient (Wildman–Crippen LogP) is 3.17. The molecule has 2 aromatic rings. The lowest BCUT2D eigenvalue weighted by atomic mass is 9.99. The van der Waals surface area contributed by atoms with Crippen LogP contribution in [0.1, 0.15) is 18.6 Å². The van der Waals surface area contributed by atoms with E-state index in [1.807, 2.05) is 30.3 Å². The molecule has 0 aliphatic carbocycles. The highest BCUT2D eigenvalue weighted by Crippen LogP contribution is 2.33. The van der Waals surface area contributed by atoms with E-state index in [0.29, 0.717) is 17.4 Å². The van der Waals surface area contributed by atoms with Crippen LogP contribution < -0.4 is 9.47 Å². The fourth-order valence-electron chi connectivity index (χ4n) is 3.27. The standard InChI is InChI=1S/C19H25NO4/c1-22-18-7-5-15(10-19(18)23-2)17-8-6-16(24-17)12-20-9-3-4-14(11-20)13-21/h5-8,10,14,21H,3-4,9,11-13H2,1-2H3. The number of likely N-dealkylation sites (tertiary alicyclic amines) is 1. The normalized spacial score (nSPS) is 18.5. The molecule has 1 N–H and O–H groups in total. The van der Waals surface area contributed by atoms with Crippen LogP contribution in [0, 0.1) is 5.92 Å². The maximum absolute atomic E-state index is 9.35. The van der Waals surface area contributed by atoms with Gasteiger partial charge in [0.15, 0.2) is 11.5 Å². The minimum Gasteiger partial charge on any atom is -0.493 e. The molecule has 1 saturated heterocycles. The number of piperidine rings is 1. The molecule has 2 heterocycles. The first-order valence-corrected chi connectivity index (χ1v) is 8.37. The molecule has 0 amide bonds. The number of benzene rings is 1. The average molecular weight is 331 g/mol. The van der Waals surface area contributed by atoms with Gasteiger partial charge in [-0.25, -0.2) is 0 Å². The first-order valence-electron chi connectivity index (χ1n) is 8.37. The number of methoxy groups -OCH3 is 2. The third-order valence-electron chi connectivity index (χ3n) is 4.57. The predicted molar refractivity (Wildman–Crippen MR) is 92.3 cm³/mol. The van der Waals surface area contributed by atoms with E-state index in [0.717, 1.165) is 49.6 Å². The van der Waals surface area contributed by atoms with E-state index in [4.69, 9.17) is 13.9 Å². The zero-order valence-corrected chi connectivity index (χ0v) is 14.3. The maximum atomic E-state index is 9.35. The molecule has 1 fully saturated rings. The Morgan fingerprint density at radius 2 is 2.00 bits per heavy atom. The number of hydrogen-bond donors (Lipinski definition) is 1. The fraction of sp³-hybridized carbons (Fsp3) is 0.474. The van der Waals surface area contributed by atoms with E-state index < -0.39 is 0 Å². The highest BCUT2D eigenvalue weighted by atomic mass is 16.5. The lowest BCUT2D eigenvalue weighted by molar-refractivity contribution is 0.110. The Morgan fingerprint density at radius 1 is 1.17 bits per heavy atom. The smallest absolute Gasteiger partial charge is 0.161 e. The largest absolute Gasteiger partial charge is 0.493 e. The van der Waals surface area contributed by atoms with Crippen molar-refractivity contribution in [2.75, 3.05) is 33.9 Å². The number of ether oxygens (including phenoxy) is 2. The van der Waals surface area contributed by atoms with E-state index in [1.165, 1.54) is 0 Å². The van der Waals surface area contributed by atoms with Crippen LogP contribution in [0.15, 0.2) is 34.7 Å². The van der Waals surface area contributed by atoms with E-state index in [-0.39, 0.29) is 6.61 Å². The second-order valence-electron chi connectivity index (χ2n) is 6.26. The van der Waals surface area contributed by atoms with Crippen LogP contribution in [0.3, 0.4) is 0 Å². The molecule has 3 rings (SSSR count). The molecule has 1 atom stereocenters. The van der Waals surface area contributed by atoms with E-state index in [2.05, 4.69) is 4.90 Å². The van der Waals surface area contributed by atoms with Crippen molar-refractivity contribution in [3.05, 3.63) is 36.1 Å². The summed E-state index contributed by atoms with van der Waals surface area (Å²) < 4.78 is 16.6. The monoisotopic (exact) mass is 331 g/mol. The van der Waals surface area contributed by atoms with Crippen molar-refractivity contribution in [1.82, 2.24) is 4.90 Å². The molecule has 1 aromatic carbocycles. The van der Waals surface area contributed by atoms with Gasteiger partial charge in [0.1, 0.15) is 11.5 Å². The second-order valence-corrected chi connectivity index (χ2v) is 6.26. The number of aliphatic hydroxyl groups is 1. The average Bonchev–Trinajstić information content (AvgIpc) is 3.09. The van der Waals surface area contributed by atoms with E-state index in [9.17, 15) is 5.11 Å². The number of furan rings is 1. The summed E-state index contributed by atoms with van der Waals surface area (Å²) in [6, 6.07) is 9.78. The molecule has 1 unspecified atom stereocenters. The van der Waals surface area contributed by atoms with Gasteiger partial charge in [-0.1, -0.05) is 0 Å². The van der Waals surface area contributed by atoms with Gasteiger partial charge < -0.3 is 19.0 Å². The molecule has 0 radical (unpaired) electrons. The third kappa shape index (κ3) is 3.74. The lowest BCUT2D eigenvalue weighted by Crippen LogP contribution is -2.36. The third-order valence-corrected chi connectivity index (χ3v) is 4.57. The summed E-state index contributed by atoms with van der Waals surface area (Å²) in [5.74, 6) is 3.55. The summed E-state index contributed by atoms with van der Waals surface area (Å²) >= 11 is 0. The van der Waals surface area contributed by atoms with Crippen LogP contribution in [0.25, 0.3) is 11.3 Å². The summed E-state index contributed by atoms with van der Waals surface area (Å²) in [6.07, 6.45) is 2.25. The van der Waals surface area contributed by atoms with Crippen molar-refractivity contribution >= 4 is 0 Å². The topological polar surface area (TPSA) is 55.1 Å². The SMILES string of the molecule is COc1ccc(-c2ccc(CN3CCCC(CO)C3)o2)cc1OC. The molecule has 5 nitrogen and oxygen atoms in total. The van der Waals surface area contributed by atoms with Crippen LogP contribution in [-0.4, -0.2) is 43.9 Å². The summed E-state index contributed by atoms with van der Waals surface area (Å²) in [6.45, 7) is 3.04. The van der Waals surface area contributed by atoms with Gasteiger partial charge in [0.25, 0.3) is 0 Å². The van der Waals surface area contributed by atoms with Gasteiger partial charge in [-0.3, -0.25) is 4.90 Å². The zero-order chi connectivity index (χ0) is 16.9. The Hall–Kier alpha value is -1.98. The van der Waals surface area contributed by atoms with Crippen LogP contribution in [0.2, 0.25) is 0 Å². The van der Waals surface area contributed by atoms with Crippen molar-refractivity contribution in [1.29, 1.82) is 0 Å². The molecule has 130 valence electrons. The quantitative estimate of drug-likeness (QED) is 0.881. The zero-order valence-electron chi connectivity index (χ0n) is 14.3. The Bertz CT molecular complexity index is 667. The molecule has 1 aliphatic heterocycles. The maximum Gasteiger partial charge on any atom is 0.161 e. The van der Waals surface area contributed by atoms with Crippen molar-refractivity contribution in [2.24, 2.45) is 5.92 Å². The van der Waals surface area contributed by atoms with E-state index >= 15 is 0 Å². The molecule has 0 bridgehead atoms. The number of nitrogens with zero attached hydrogens (tertiary/aromatic N) is 1. The van der Waals surface area contributed by atoms with Crippen molar-refractivity contribution in [3.63, 3.8) is 0 Å². The molecule has 1 aliphatic rings. The van der Waals surface area contributed by atoms with Gasteiger partial charge in [0.2, 0.25) is 0 Å². The number of aliphatic hydroxyl groups excluding tert-OH is 1. The Kier molecular flexibility index (Phi) is 5.43. The molecular weight excluding hydrogens is 306 g/mol. The first kappa shape index (κ1) is 16.9. The Labute approximate surface area is 142 Å². The molecule has 0 spiro atoms. The minimum atomic E-state index is 0.269. The lowest BCUT2D eigenvalue weighted by Gasteiger charge is -2.30. The molecule has 24 heavy (non-hydrogen) atoms. The van der Waals surface area contributed by atoms with Gasteiger partial charge in [0, 0.05) is 18.7 Å². The van der Waals surface area contributed by atoms with Crippen LogP contribution in [0.4, 0.5) is 0 Å².